The Morgan fingerprint density at radius 2 is 0.847 bits per heavy atom. The molecule has 0 spiro atoms. The molecule has 348 valence electrons. The highest BCUT2D eigenvalue weighted by atomic mass is 16.6. The molecule has 59 heavy (non-hydrogen) atoms. The molecule has 0 aromatic carbocycles. The summed E-state index contributed by atoms with van der Waals surface area (Å²) >= 11 is 0. The molecule has 2 atom stereocenters. The number of carbonyl (C=O) groups excluding carboxylic acids is 2. The zero-order valence-corrected chi connectivity index (χ0v) is 39.7. The fourth-order valence-electron chi connectivity index (χ4n) is 7.74. The minimum absolute atomic E-state index is 0.0478. The van der Waals surface area contributed by atoms with Crippen LogP contribution in [0.4, 0.5) is 0 Å². The third kappa shape index (κ3) is 41.2. The summed E-state index contributed by atoms with van der Waals surface area (Å²) in [7, 11) is 5.54. The molecule has 0 fully saturated rings. The second-order valence-electron chi connectivity index (χ2n) is 18.4. The first kappa shape index (κ1) is 57.1. The van der Waals surface area contributed by atoms with Gasteiger partial charge in [0.25, 0.3) is 0 Å². The van der Waals surface area contributed by atoms with Gasteiger partial charge in [-0.2, -0.15) is 0 Å². The first-order valence-electron chi connectivity index (χ1n) is 25.2. The number of hydrogen-bond donors (Lipinski definition) is 1. The maximum Gasteiger partial charge on any atom is 0.362 e. The summed E-state index contributed by atoms with van der Waals surface area (Å²) in [6, 6.07) is -0.612. The van der Waals surface area contributed by atoms with E-state index in [9.17, 15) is 19.5 Å². The van der Waals surface area contributed by atoms with E-state index in [1.807, 2.05) is 21.1 Å². The Balaban J connectivity index is 4.18. The van der Waals surface area contributed by atoms with Crippen molar-refractivity contribution in [2.75, 3.05) is 41.0 Å². The molecule has 2 unspecified atom stereocenters. The van der Waals surface area contributed by atoms with Crippen molar-refractivity contribution in [2.24, 2.45) is 0 Å². The van der Waals surface area contributed by atoms with E-state index in [2.05, 4.69) is 26.0 Å². The van der Waals surface area contributed by atoms with Crippen LogP contribution in [0.25, 0.3) is 0 Å². The highest BCUT2D eigenvalue weighted by Crippen LogP contribution is 2.16. The number of carboxylic acid groups (broad SMARTS) is 1. The maximum atomic E-state index is 12.7. The Bertz CT molecular complexity index is 978. The summed E-state index contributed by atoms with van der Waals surface area (Å²) in [5.41, 5.74) is 0. The summed E-state index contributed by atoms with van der Waals surface area (Å²) in [4.78, 5) is 37.1. The van der Waals surface area contributed by atoms with Gasteiger partial charge in [-0.15, -0.1) is 0 Å². The molecule has 8 heteroatoms. The number of ether oxygens (including phenoxy) is 3. The van der Waals surface area contributed by atoms with Crippen molar-refractivity contribution in [1.29, 1.82) is 0 Å². The lowest BCUT2D eigenvalue weighted by Crippen LogP contribution is -2.50. The van der Waals surface area contributed by atoms with E-state index in [4.69, 9.17) is 14.2 Å². The molecule has 0 aliphatic heterocycles. The number of esters is 2. The average molecular weight is 837 g/mol. The lowest BCUT2D eigenvalue weighted by Gasteiger charge is -2.31. The molecule has 0 aromatic heterocycles. The molecule has 0 aliphatic carbocycles. The first-order chi connectivity index (χ1) is 28.6. The van der Waals surface area contributed by atoms with Crippen molar-refractivity contribution >= 4 is 17.9 Å². The molecule has 0 aliphatic rings. The number of unbranched alkanes of at least 4 members (excludes halogenated alkanes) is 30. The van der Waals surface area contributed by atoms with Gasteiger partial charge in [0.15, 0.2) is 12.1 Å². The third-order valence-electron chi connectivity index (χ3n) is 11.7. The molecule has 1 N–H and O–H groups in total. The van der Waals surface area contributed by atoms with Gasteiger partial charge >= 0.3 is 17.9 Å². The van der Waals surface area contributed by atoms with Crippen LogP contribution in [-0.4, -0.2) is 80.6 Å². The highest BCUT2D eigenvalue weighted by Gasteiger charge is 2.31. The first-order valence-corrected chi connectivity index (χ1v) is 25.2. The highest BCUT2D eigenvalue weighted by molar-refractivity contribution is 5.72. The van der Waals surface area contributed by atoms with Gasteiger partial charge in [-0.05, 0) is 38.5 Å². The second kappa shape index (κ2) is 42.7. The number of aliphatic carboxylic acids is 1. The van der Waals surface area contributed by atoms with Gasteiger partial charge < -0.3 is 23.8 Å². The number of quaternary nitrogens is 1. The fraction of sp³-hybridized carbons (Fsp3) is 0.902. The summed E-state index contributed by atoms with van der Waals surface area (Å²) in [6.07, 6.45) is 46.9. The Kier molecular flexibility index (Phi) is 41.3. The Hall–Kier alpha value is -1.93. The molecule has 0 amide bonds. The van der Waals surface area contributed by atoms with E-state index in [1.54, 1.807) is 0 Å². The lowest BCUT2D eigenvalue weighted by molar-refractivity contribution is -0.887. The zero-order valence-electron chi connectivity index (χ0n) is 39.7. The van der Waals surface area contributed by atoms with Gasteiger partial charge in [0.2, 0.25) is 0 Å². The number of carboxylic acids is 1. The SMILES string of the molecule is CCCCCCC/C=C\CCCCCCCC(=O)OC(COCCC(C(=O)O)[N+](C)(C)C)COC(=O)CCCCCCCCCCCCCCCCCCCCCCC. The summed E-state index contributed by atoms with van der Waals surface area (Å²) in [6.45, 7) is 4.76. The van der Waals surface area contributed by atoms with Crippen LogP contribution in [0.2, 0.25) is 0 Å². The topological polar surface area (TPSA) is 99.1 Å². The molecule has 0 bridgehead atoms. The molecular weight excluding hydrogens is 739 g/mol. The molecule has 8 nitrogen and oxygen atoms in total. The van der Waals surface area contributed by atoms with Crippen LogP contribution in [0, 0.1) is 0 Å². The summed E-state index contributed by atoms with van der Waals surface area (Å²) < 4.78 is 17.3. The van der Waals surface area contributed by atoms with E-state index < -0.39 is 18.1 Å². The van der Waals surface area contributed by atoms with Crippen molar-refractivity contribution in [3.63, 3.8) is 0 Å². The Labute approximate surface area is 365 Å². The van der Waals surface area contributed by atoms with Crippen LogP contribution < -0.4 is 0 Å². The van der Waals surface area contributed by atoms with Crippen LogP contribution in [0.5, 0.6) is 0 Å². The van der Waals surface area contributed by atoms with E-state index in [0.717, 1.165) is 51.4 Å². The van der Waals surface area contributed by atoms with Crippen molar-refractivity contribution in [3.05, 3.63) is 12.2 Å². The number of allylic oxidation sites excluding steroid dienone is 2. The minimum Gasteiger partial charge on any atom is -0.477 e. The summed E-state index contributed by atoms with van der Waals surface area (Å²) in [5, 5.41) is 9.64. The van der Waals surface area contributed by atoms with E-state index in [0.29, 0.717) is 19.3 Å². The van der Waals surface area contributed by atoms with Crippen LogP contribution >= 0.6 is 0 Å². The minimum atomic E-state index is -0.872. The third-order valence-corrected chi connectivity index (χ3v) is 11.7. The fourth-order valence-corrected chi connectivity index (χ4v) is 7.74. The predicted molar refractivity (Wildman–Crippen MR) is 248 cm³/mol. The zero-order chi connectivity index (χ0) is 43.5. The van der Waals surface area contributed by atoms with Crippen molar-refractivity contribution in [2.45, 2.75) is 257 Å². The molecule has 0 radical (unpaired) electrons. The number of carbonyl (C=O) groups is 3. The molecule has 0 heterocycles. The number of likely N-dealkylation sites (N-methyl/N-ethyl adjacent to an activating group) is 1. The molecule has 0 saturated heterocycles. The van der Waals surface area contributed by atoms with Crippen LogP contribution in [-0.2, 0) is 28.6 Å². The predicted octanol–water partition coefficient (Wildman–Crippen LogP) is 14.3. The smallest absolute Gasteiger partial charge is 0.362 e. The van der Waals surface area contributed by atoms with Crippen LogP contribution in [0.15, 0.2) is 12.2 Å². The maximum absolute atomic E-state index is 12.7. The monoisotopic (exact) mass is 837 g/mol. The van der Waals surface area contributed by atoms with E-state index >= 15 is 0 Å². The van der Waals surface area contributed by atoms with Gasteiger partial charge in [0, 0.05) is 19.3 Å². The number of hydrogen-bond acceptors (Lipinski definition) is 6. The van der Waals surface area contributed by atoms with E-state index in [-0.39, 0.29) is 36.2 Å². The standard InChI is InChI=1S/C51H97NO7/c1-6-8-10-12-14-16-18-20-22-23-24-25-26-27-28-30-31-33-35-37-39-41-49(53)58-46-47(45-57-44-43-48(51(55)56)52(3,4)5)59-50(54)42-40-38-36-34-32-29-21-19-17-15-13-11-9-7-2/h19,21,47-48H,6-18,20,22-46H2,1-5H3/p+1/b21-19-. The Morgan fingerprint density at radius 3 is 1.22 bits per heavy atom. The number of nitrogens with zero attached hydrogens (tertiary/aromatic N) is 1. The molecule has 0 aromatic rings. The molecular formula is C51H98NO7+. The van der Waals surface area contributed by atoms with Crippen LogP contribution in [0.3, 0.4) is 0 Å². The van der Waals surface area contributed by atoms with Crippen molar-refractivity contribution in [3.8, 4) is 0 Å². The average Bonchev–Trinajstić information content (AvgIpc) is 3.19. The lowest BCUT2D eigenvalue weighted by atomic mass is 10.0. The van der Waals surface area contributed by atoms with Crippen LogP contribution in [0.1, 0.15) is 245 Å². The second-order valence-corrected chi connectivity index (χ2v) is 18.4. The molecule has 0 rings (SSSR count). The summed E-state index contributed by atoms with van der Waals surface area (Å²) in [5.74, 6) is -1.46. The largest absolute Gasteiger partial charge is 0.477 e. The Morgan fingerprint density at radius 1 is 0.492 bits per heavy atom. The molecule has 0 saturated carbocycles. The normalized spacial score (nSPS) is 12.9. The van der Waals surface area contributed by atoms with Crippen molar-refractivity contribution < 1.29 is 38.2 Å². The van der Waals surface area contributed by atoms with Gasteiger partial charge in [-0.1, -0.05) is 199 Å². The quantitative estimate of drug-likeness (QED) is 0.0282. The number of rotatable bonds is 46. The van der Waals surface area contributed by atoms with Crippen molar-refractivity contribution in [1.82, 2.24) is 0 Å². The van der Waals surface area contributed by atoms with Gasteiger partial charge in [0.1, 0.15) is 6.61 Å². The van der Waals surface area contributed by atoms with Gasteiger partial charge in [0.05, 0.1) is 34.4 Å². The van der Waals surface area contributed by atoms with Gasteiger partial charge in [-0.3, -0.25) is 9.59 Å². The van der Waals surface area contributed by atoms with Gasteiger partial charge in [-0.25, -0.2) is 4.79 Å². The van der Waals surface area contributed by atoms with E-state index in [1.165, 1.54) is 161 Å².